The second-order valence-electron chi connectivity index (χ2n) is 7.91. The number of nitrogens with zero attached hydrogens (tertiary/aromatic N) is 2. The van der Waals surface area contributed by atoms with E-state index in [4.69, 9.17) is 0 Å². The van der Waals surface area contributed by atoms with Crippen molar-refractivity contribution in [3.8, 4) is 0 Å². The Labute approximate surface area is 177 Å². The minimum Gasteiger partial charge on any atom is -0.395 e. The lowest BCUT2D eigenvalue weighted by atomic mass is 9.72. The molecule has 2 aliphatic heterocycles. The fourth-order valence-electron chi connectivity index (χ4n) is 4.91. The van der Waals surface area contributed by atoms with Gasteiger partial charge in [0.15, 0.2) is 0 Å². The van der Waals surface area contributed by atoms with E-state index in [2.05, 4.69) is 17.0 Å². The van der Waals surface area contributed by atoms with Crippen LogP contribution in [-0.2, 0) is 16.6 Å². The lowest BCUT2D eigenvalue weighted by Crippen LogP contribution is -2.68. The van der Waals surface area contributed by atoms with Crippen LogP contribution in [0.25, 0.3) is 0 Å². The van der Waals surface area contributed by atoms with Crippen molar-refractivity contribution in [2.45, 2.75) is 29.4 Å². The molecule has 0 unspecified atom stereocenters. The van der Waals surface area contributed by atoms with Crippen LogP contribution in [0, 0.1) is 0 Å². The van der Waals surface area contributed by atoms with Crippen molar-refractivity contribution in [2.24, 2.45) is 0 Å². The first kappa shape index (κ1) is 19.3. The normalized spacial score (nSPS) is 23.4. The lowest BCUT2D eigenvalue weighted by Gasteiger charge is -2.59. The van der Waals surface area contributed by atoms with E-state index in [1.165, 1.54) is 0 Å². The van der Waals surface area contributed by atoms with Crippen molar-refractivity contribution in [3.63, 3.8) is 0 Å². The zero-order valence-electron chi connectivity index (χ0n) is 16.5. The van der Waals surface area contributed by atoms with Gasteiger partial charge in [-0.3, -0.25) is 9.21 Å². The number of para-hydroxylation sites is 1. The summed E-state index contributed by atoms with van der Waals surface area (Å²) >= 11 is 0. The van der Waals surface area contributed by atoms with Gasteiger partial charge in [-0.15, -0.1) is 0 Å². The third-order valence-corrected chi connectivity index (χ3v) is 8.12. The van der Waals surface area contributed by atoms with E-state index in [1.54, 1.807) is 28.6 Å². The number of sulfonamides is 1. The Bertz CT molecular complexity index is 1140. The maximum absolute atomic E-state index is 13.5. The van der Waals surface area contributed by atoms with Gasteiger partial charge in [0.05, 0.1) is 23.7 Å². The van der Waals surface area contributed by atoms with Crippen molar-refractivity contribution >= 4 is 15.7 Å². The number of aliphatic hydroxyl groups excluding tert-OH is 1. The summed E-state index contributed by atoms with van der Waals surface area (Å²) in [7, 11) is -3.67. The molecule has 3 aromatic carbocycles. The molecular formula is C24H24N2O3S. The van der Waals surface area contributed by atoms with Crippen LogP contribution in [0.15, 0.2) is 89.8 Å². The second-order valence-corrected chi connectivity index (χ2v) is 9.77. The van der Waals surface area contributed by atoms with Crippen LogP contribution in [0.3, 0.4) is 0 Å². The van der Waals surface area contributed by atoms with E-state index in [9.17, 15) is 13.5 Å². The second kappa shape index (κ2) is 7.54. The van der Waals surface area contributed by atoms with Crippen molar-refractivity contribution in [3.05, 3.63) is 96.1 Å². The van der Waals surface area contributed by atoms with E-state index < -0.39 is 10.0 Å². The smallest absolute Gasteiger partial charge is 0.264 e. The van der Waals surface area contributed by atoms with E-state index in [0.29, 0.717) is 18.0 Å². The summed E-state index contributed by atoms with van der Waals surface area (Å²) in [5.41, 5.74) is 2.88. The molecular weight excluding hydrogens is 396 g/mol. The maximum atomic E-state index is 13.5. The van der Waals surface area contributed by atoms with Crippen LogP contribution in [0.2, 0.25) is 0 Å². The zero-order chi connectivity index (χ0) is 20.7. The highest BCUT2D eigenvalue weighted by Crippen LogP contribution is 2.49. The van der Waals surface area contributed by atoms with E-state index in [-0.39, 0.29) is 24.6 Å². The van der Waals surface area contributed by atoms with Crippen LogP contribution in [0.4, 0.5) is 5.69 Å². The Kier molecular flexibility index (Phi) is 4.85. The number of benzene rings is 3. The third kappa shape index (κ3) is 3.03. The van der Waals surface area contributed by atoms with Crippen LogP contribution >= 0.6 is 0 Å². The first-order valence-electron chi connectivity index (χ1n) is 10.2. The molecule has 1 fully saturated rings. The molecule has 6 heteroatoms. The minimum absolute atomic E-state index is 0.0158. The third-order valence-electron chi connectivity index (χ3n) is 6.32. The molecule has 154 valence electrons. The molecule has 0 aliphatic carbocycles. The van der Waals surface area contributed by atoms with Crippen molar-refractivity contribution in [2.75, 3.05) is 17.5 Å². The molecule has 0 spiro atoms. The van der Waals surface area contributed by atoms with Crippen molar-refractivity contribution in [1.82, 2.24) is 4.90 Å². The predicted octanol–water partition coefficient (Wildman–Crippen LogP) is 3.22. The van der Waals surface area contributed by atoms with Crippen LogP contribution in [0.5, 0.6) is 0 Å². The standard InChI is InChI=1S/C24H24N2O3S/c27-17-23-24-20-13-7-8-14-21(20)26(30(28,29)19-11-5-2-6-12-19)16-22(24)25(23)15-18-9-3-1-4-10-18/h1-14,22-24,27H,15-17H2/t22-,23+,24+/m1/s1. The average Bonchev–Trinajstić information content (AvgIpc) is 2.78. The van der Waals surface area contributed by atoms with Gasteiger partial charge in [-0.1, -0.05) is 66.7 Å². The SMILES string of the molecule is O=S(=O)(c1ccccc1)N1C[C@@H]2[C@H](c3ccccc31)[C@H](CO)N2Cc1ccccc1. The Balaban J connectivity index is 1.54. The number of aliphatic hydroxyl groups is 1. The Morgan fingerprint density at radius 1 is 0.867 bits per heavy atom. The van der Waals surface area contributed by atoms with Gasteiger partial charge < -0.3 is 5.11 Å². The molecule has 3 aromatic rings. The minimum atomic E-state index is -3.67. The number of hydrogen-bond acceptors (Lipinski definition) is 4. The average molecular weight is 421 g/mol. The molecule has 30 heavy (non-hydrogen) atoms. The summed E-state index contributed by atoms with van der Waals surface area (Å²) in [6, 6.07) is 26.4. The van der Waals surface area contributed by atoms with E-state index in [0.717, 1.165) is 16.8 Å². The fourth-order valence-corrected chi connectivity index (χ4v) is 6.44. The molecule has 3 atom stereocenters. The molecule has 5 rings (SSSR count). The van der Waals surface area contributed by atoms with Crippen LogP contribution in [0.1, 0.15) is 17.0 Å². The number of rotatable bonds is 5. The quantitative estimate of drug-likeness (QED) is 0.689. The largest absolute Gasteiger partial charge is 0.395 e. The summed E-state index contributed by atoms with van der Waals surface area (Å²) in [5, 5.41) is 10.1. The first-order chi connectivity index (χ1) is 14.6. The maximum Gasteiger partial charge on any atom is 0.264 e. The molecule has 5 nitrogen and oxygen atoms in total. The summed E-state index contributed by atoms with van der Waals surface area (Å²) in [6.45, 7) is 1.12. The van der Waals surface area contributed by atoms with Gasteiger partial charge in [-0.05, 0) is 29.3 Å². The molecule has 1 N–H and O–H groups in total. The molecule has 0 aromatic heterocycles. The molecule has 0 amide bonds. The molecule has 0 radical (unpaired) electrons. The fraction of sp³-hybridized carbons (Fsp3) is 0.250. The van der Waals surface area contributed by atoms with Crippen molar-refractivity contribution in [1.29, 1.82) is 0 Å². The number of anilines is 1. The highest BCUT2D eigenvalue weighted by atomic mass is 32.2. The van der Waals surface area contributed by atoms with Crippen LogP contribution < -0.4 is 4.31 Å². The van der Waals surface area contributed by atoms with E-state index >= 15 is 0 Å². The highest BCUT2D eigenvalue weighted by molar-refractivity contribution is 7.92. The predicted molar refractivity (Wildman–Crippen MR) is 117 cm³/mol. The highest BCUT2D eigenvalue weighted by Gasteiger charge is 2.53. The van der Waals surface area contributed by atoms with Crippen LogP contribution in [-0.4, -0.2) is 43.7 Å². The molecule has 2 aliphatic rings. The van der Waals surface area contributed by atoms with Gasteiger partial charge in [0.25, 0.3) is 10.0 Å². The van der Waals surface area contributed by atoms with Crippen molar-refractivity contribution < 1.29 is 13.5 Å². The summed E-state index contributed by atoms with van der Waals surface area (Å²) in [4.78, 5) is 2.54. The number of fused-ring (bicyclic) bond motifs is 3. The van der Waals surface area contributed by atoms with Gasteiger partial charge in [-0.2, -0.15) is 0 Å². The summed E-state index contributed by atoms with van der Waals surface area (Å²) in [5.74, 6) is 0.122. The topological polar surface area (TPSA) is 60.9 Å². The summed E-state index contributed by atoms with van der Waals surface area (Å²) < 4.78 is 28.5. The molecule has 2 heterocycles. The van der Waals surface area contributed by atoms with Gasteiger partial charge in [-0.25, -0.2) is 8.42 Å². The first-order valence-corrected chi connectivity index (χ1v) is 11.6. The van der Waals surface area contributed by atoms with Gasteiger partial charge in [0.1, 0.15) is 0 Å². The zero-order valence-corrected chi connectivity index (χ0v) is 17.3. The number of likely N-dealkylation sites (tertiary alicyclic amines) is 1. The van der Waals surface area contributed by atoms with Gasteiger partial charge >= 0.3 is 0 Å². The number of hydrogen-bond donors (Lipinski definition) is 1. The Morgan fingerprint density at radius 2 is 1.50 bits per heavy atom. The monoisotopic (exact) mass is 420 g/mol. The molecule has 0 saturated carbocycles. The Hall–Kier alpha value is -2.67. The van der Waals surface area contributed by atoms with Gasteiger partial charge in [0, 0.05) is 24.5 Å². The lowest BCUT2D eigenvalue weighted by molar-refractivity contribution is -0.0477. The Morgan fingerprint density at radius 3 is 2.20 bits per heavy atom. The summed E-state index contributed by atoms with van der Waals surface area (Å²) in [6.07, 6.45) is 0. The van der Waals surface area contributed by atoms with Gasteiger partial charge in [0.2, 0.25) is 0 Å². The molecule has 0 bridgehead atoms. The molecule has 1 saturated heterocycles. The van der Waals surface area contributed by atoms with E-state index in [1.807, 2.05) is 48.5 Å².